The van der Waals surface area contributed by atoms with Crippen LogP contribution in [0.4, 0.5) is 0 Å². The van der Waals surface area contributed by atoms with Gasteiger partial charge in [-0.25, -0.2) is 0 Å². The summed E-state index contributed by atoms with van der Waals surface area (Å²) in [4.78, 5) is 4.20. The SMILES string of the molecule is C=CCCc1cccnc1C. The van der Waals surface area contributed by atoms with E-state index in [1.54, 1.807) is 0 Å². The lowest BCUT2D eigenvalue weighted by molar-refractivity contribution is 0.964. The average Bonchev–Trinajstić information content (AvgIpc) is 2.03. The molecule has 0 bridgehead atoms. The summed E-state index contributed by atoms with van der Waals surface area (Å²) in [7, 11) is 0. The molecule has 0 aliphatic carbocycles. The second-order valence-corrected chi connectivity index (χ2v) is 2.58. The maximum absolute atomic E-state index is 4.20. The van der Waals surface area contributed by atoms with E-state index in [-0.39, 0.29) is 0 Å². The van der Waals surface area contributed by atoms with E-state index in [0.717, 1.165) is 18.5 Å². The van der Waals surface area contributed by atoms with E-state index < -0.39 is 0 Å². The van der Waals surface area contributed by atoms with E-state index in [1.165, 1.54) is 5.56 Å². The summed E-state index contributed by atoms with van der Waals surface area (Å²) in [5.74, 6) is 0. The van der Waals surface area contributed by atoms with Crippen LogP contribution < -0.4 is 0 Å². The summed E-state index contributed by atoms with van der Waals surface area (Å²) >= 11 is 0. The number of aromatic nitrogens is 1. The fraction of sp³-hybridized carbons (Fsp3) is 0.300. The van der Waals surface area contributed by atoms with Gasteiger partial charge in [0.25, 0.3) is 0 Å². The lowest BCUT2D eigenvalue weighted by atomic mass is 10.1. The largest absolute Gasteiger partial charge is 0.261 e. The fourth-order valence-electron chi connectivity index (χ4n) is 1.04. The molecule has 1 rings (SSSR count). The lowest BCUT2D eigenvalue weighted by Gasteiger charge is -2.00. The van der Waals surface area contributed by atoms with Crippen molar-refractivity contribution in [1.82, 2.24) is 4.98 Å². The van der Waals surface area contributed by atoms with Gasteiger partial charge in [0.15, 0.2) is 0 Å². The van der Waals surface area contributed by atoms with Gasteiger partial charge in [-0.15, -0.1) is 6.58 Å². The monoisotopic (exact) mass is 147 g/mol. The predicted molar refractivity (Wildman–Crippen MR) is 47.5 cm³/mol. The molecule has 1 aromatic rings. The highest BCUT2D eigenvalue weighted by Gasteiger charge is 1.94. The topological polar surface area (TPSA) is 12.9 Å². The summed E-state index contributed by atoms with van der Waals surface area (Å²) < 4.78 is 0. The Morgan fingerprint density at radius 2 is 2.45 bits per heavy atom. The molecule has 1 heterocycles. The quantitative estimate of drug-likeness (QED) is 0.598. The molecule has 0 aromatic carbocycles. The first kappa shape index (κ1) is 7.99. The van der Waals surface area contributed by atoms with Gasteiger partial charge in [0.1, 0.15) is 0 Å². The first-order valence-corrected chi connectivity index (χ1v) is 3.86. The van der Waals surface area contributed by atoms with Crippen LogP contribution in [0.15, 0.2) is 31.0 Å². The Balaban J connectivity index is 2.69. The van der Waals surface area contributed by atoms with Gasteiger partial charge in [-0.1, -0.05) is 12.1 Å². The molecule has 0 saturated carbocycles. The summed E-state index contributed by atoms with van der Waals surface area (Å²) in [5, 5.41) is 0. The Labute approximate surface area is 67.8 Å². The molecule has 0 fully saturated rings. The van der Waals surface area contributed by atoms with E-state index in [0.29, 0.717) is 0 Å². The first-order chi connectivity index (χ1) is 5.34. The van der Waals surface area contributed by atoms with Crippen LogP contribution in [0, 0.1) is 6.92 Å². The van der Waals surface area contributed by atoms with Crippen LogP contribution >= 0.6 is 0 Å². The molecular weight excluding hydrogens is 134 g/mol. The van der Waals surface area contributed by atoms with Crippen molar-refractivity contribution in [2.75, 3.05) is 0 Å². The second kappa shape index (κ2) is 3.91. The van der Waals surface area contributed by atoms with Gasteiger partial charge in [0.05, 0.1) is 0 Å². The van der Waals surface area contributed by atoms with Crippen LogP contribution in [-0.2, 0) is 6.42 Å². The van der Waals surface area contributed by atoms with Crippen molar-refractivity contribution in [3.8, 4) is 0 Å². The Kier molecular flexibility index (Phi) is 2.84. The van der Waals surface area contributed by atoms with Crippen LogP contribution in [-0.4, -0.2) is 4.98 Å². The molecule has 0 aliphatic rings. The zero-order chi connectivity index (χ0) is 8.10. The molecular formula is C10H13N. The third kappa shape index (κ3) is 2.19. The first-order valence-electron chi connectivity index (χ1n) is 3.86. The minimum atomic E-state index is 1.03. The summed E-state index contributed by atoms with van der Waals surface area (Å²) in [6.07, 6.45) is 5.86. The molecule has 0 amide bonds. The summed E-state index contributed by atoms with van der Waals surface area (Å²) in [6.45, 7) is 5.73. The van der Waals surface area contributed by atoms with Gasteiger partial charge in [-0.2, -0.15) is 0 Å². The van der Waals surface area contributed by atoms with Crippen LogP contribution in [0.1, 0.15) is 17.7 Å². The Morgan fingerprint density at radius 3 is 3.09 bits per heavy atom. The maximum Gasteiger partial charge on any atom is 0.0404 e. The molecule has 0 N–H and O–H groups in total. The molecule has 11 heavy (non-hydrogen) atoms. The van der Waals surface area contributed by atoms with Gasteiger partial charge >= 0.3 is 0 Å². The number of hydrogen-bond acceptors (Lipinski definition) is 1. The Morgan fingerprint density at radius 1 is 1.64 bits per heavy atom. The van der Waals surface area contributed by atoms with Crippen molar-refractivity contribution in [3.05, 3.63) is 42.2 Å². The van der Waals surface area contributed by atoms with Crippen LogP contribution in [0.25, 0.3) is 0 Å². The predicted octanol–water partition coefficient (Wildman–Crippen LogP) is 2.51. The zero-order valence-corrected chi connectivity index (χ0v) is 6.88. The highest BCUT2D eigenvalue weighted by Crippen LogP contribution is 2.06. The fourth-order valence-corrected chi connectivity index (χ4v) is 1.04. The van der Waals surface area contributed by atoms with Gasteiger partial charge in [0.2, 0.25) is 0 Å². The molecule has 1 nitrogen and oxygen atoms in total. The summed E-state index contributed by atoms with van der Waals surface area (Å²) in [6, 6.07) is 4.09. The van der Waals surface area contributed by atoms with E-state index in [4.69, 9.17) is 0 Å². The highest BCUT2D eigenvalue weighted by atomic mass is 14.7. The standard InChI is InChI=1S/C10H13N/c1-3-4-6-10-7-5-8-11-9(10)2/h3,5,7-8H,1,4,6H2,2H3. The van der Waals surface area contributed by atoms with Gasteiger partial charge in [0, 0.05) is 11.9 Å². The third-order valence-corrected chi connectivity index (χ3v) is 1.73. The van der Waals surface area contributed by atoms with Crippen LogP contribution in [0.5, 0.6) is 0 Å². The van der Waals surface area contributed by atoms with Gasteiger partial charge in [-0.05, 0) is 31.4 Å². The van der Waals surface area contributed by atoms with Crippen molar-refractivity contribution < 1.29 is 0 Å². The molecule has 0 unspecified atom stereocenters. The minimum Gasteiger partial charge on any atom is -0.261 e. The third-order valence-electron chi connectivity index (χ3n) is 1.73. The molecule has 0 aliphatic heterocycles. The number of nitrogens with zero attached hydrogens (tertiary/aromatic N) is 1. The van der Waals surface area contributed by atoms with Crippen molar-refractivity contribution >= 4 is 0 Å². The van der Waals surface area contributed by atoms with Crippen molar-refractivity contribution in [2.45, 2.75) is 19.8 Å². The van der Waals surface area contributed by atoms with Gasteiger partial charge in [-0.3, -0.25) is 4.98 Å². The average molecular weight is 147 g/mol. The summed E-state index contributed by atoms with van der Waals surface area (Å²) in [5.41, 5.74) is 2.46. The molecule has 0 spiro atoms. The van der Waals surface area contributed by atoms with Crippen molar-refractivity contribution in [1.29, 1.82) is 0 Å². The number of rotatable bonds is 3. The van der Waals surface area contributed by atoms with Crippen molar-refractivity contribution in [3.63, 3.8) is 0 Å². The number of allylic oxidation sites excluding steroid dienone is 1. The number of hydrogen-bond donors (Lipinski definition) is 0. The van der Waals surface area contributed by atoms with E-state index in [2.05, 4.69) is 17.6 Å². The Hall–Kier alpha value is -1.11. The number of pyridine rings is 1. The molecule has 1 aromatic heterocycles. The molecule has 0 atom stereocenters. The van der Waals surface area contributed by atoms with E-state index >= 15 is 0 Å². The van der Waals surface area contributed by atoms with Crippen molar-refractivity contribution in [2.24, 2.45) is 0 Å². The smallest absolute Gasteiger partial charge is 0.0404 e. The second-order valence-electron chi connectivity index (χ2n) is 2.58. The van der Waals surface area contributed by atoms with Crippen LogP contribution in [0.2, 0.25) is 0 Å². The molecule has 1 heteroatoms. The maximum atomic E-state index is 4.20. The van der Waals surface area contributed by atoms with Gasteiger partial charge < -0.3 is 0 Å². The molecule has 0 saturated heterocycles. The van der Waals surface area contributed by atoms with E-state index in [1.807, 2.05) is 25.3 Å². The highest BCUT2D eigenvalue weighted by molar-refractivity contribution is 5.18. The lowest BCUT2D eigenvalue weighted by Crippen LogP contribution is -1.90. The minimum absolute atomic E-state index is 1.03. The Bertz CT molecular complexity index is 240. The molecule has 58 valence electrons. The normalized spacial score (nSPS) is 9.55. The van der Waals surface area contributed by atoms with Crippen LogP contribution in [0.3, 0.4) is 0 Å². The number of aryl methyl sites for hydroxylation is 2. The molecule has 0 radical (unpaired) electrons. The zero-order valence-electron chi connectivity index (χ0n) is 6.88. The van der Waals surface area contributed by atoms with E-state index in [9.17, 15) is 0 Å².